The number of hydrogen-bond donors (Lipinski definition) is 2. The Morgan fingerprint density at radius 1 is 1.09 bits per heavy atom. The molecule has 0 aliphatic carbocycles. The van der Waals surface area contributed by atoms with Gasteiger partial charge < -0.3 is 4.74 Å². The molecule has 0 spiro atoms. The maximum absolute atomic E-state index is 13.3. The highest BCUT2D eigenvalue weighted by atomic mass is 35.5. The number of rotatable bonds is 4. The van der Waals surface area contributed by atoms with E-state index in [1.165, 1.54) is 12.1 Å². The smallest absolute Gasteiger partial charge is 0.276 e. The van der Waals surface area contributed by atoms with E-state index in [0.29, 0.717) is 6.07 Å². The van der Waals surface area contributed by atoms with Gasteiger partial charge in [-0.05, 0) is 24.3 Å². The maximum atomic E-state index is 13.3. The number of nitrogens with one attached hydrogen (secondary N) is 2. The third kappa shape index (κ3) is 4.65. The lowest BCUT2D eigenvalue weighted by Crippen LogP contribution is -2.43. The number of ether oxygens (including phenoxy) is 1. The van der Waals surface area contributed by atoms with E-state index < -0.39 is 30.1 Å². The van der Waals surface area contributed by atoms with Crippen LogP contribution in [-0.4, -0.2) is 18.4 Å². The van der Waals surface area contributed by atoms with Crippen molar-refractivity contribution >= 4 is 23.4 Å². The van der Waals surface area contributed by atoms with Crippen molar-refractivity contribution in [2.24, 2.45) is 0 Å². The van der Waals surface area contributed by atoms with Crippen LogP contribution in [0.4, 0.5) is 8.78 Å². The quantitative estimate of drug-likeness (QED) is 0.840. The van der Waals surface area contributed by atoms with Crippen LogP contribution in [0.15, 0.2) is 42.5 Å². The van der Waals surface area contributed by atoms with Gasteiger partial charge >= 0.3 is 0 Å². The van der Waals surface area contributed by atoms with Crippen LogP contribution in [0, 0.1) is 11.6 Å². The summed E-state index contributed by atoms with van der Waals surface area (Å²) in [6, 6.07) is 8.96. The molecule has 0 heterocycles. The first kappa shape index (κ1) is 16.7. The van der Waals surface area contributed by atoms with Gasteiger partial charge in [-0.3, -0.25) is 20.4 Å². The van der Waals surface area contributed by atoms with E-state index in [4.69, 9.17) is 16.3 Å². The van der Waals surface area contributed by atoms with Crippen molar-refractivity contribution in [2.75, 3.05) is 6.61 Å². The summed E-state index contributed by atoms with van der Waals surface area (Å²) in [6.07, 6.45) is 0. The van der Waals surface area contributed by atoms with Gasteiger partial charge in [-0.2, -0.15) is 0 Å². The van der Waals surface area contributed by atoms with Crippen molar-refractivity contribution in [3.05, 3.63) is 64.7 Å². The molecule has 23 heavy (non-hydrogen) atoms. The van der Waals surface area contributed by atoms with Crippen LogP contribution < -0.4 is 15.6 Å². The van der Waals surface area contributed by atoms with Crippen molar-refractivity contribution in [3.8, 4) is 5.75 Å². The third-order valence-electron chi connectivity index (χ3n) is 2.69. The zero-order chi connectivity index (χ0) is 16.8. The van der Waals surface area contributed by atoms with E-state index in [-0.39, 0.29) is 16.3 Å². The standard InChI is InChI=1S/C15H11ClF2N2O3/c16-11-4-2-1-3-10(11)15(22)20-19-14(21)8-23-13-6-5-9(17)7-12(13)18/h1-7H,8H2,(H,19,21)(H,20,22). The van der Waals surface area contributed by atoms with Crippen LogP contribution in [0.2, 0.25) is 5.02 Å². The fourth-order valence-electron chi connectivity index (χ4n) is 1.61. The minimum Gasteiger partial charge on any atom is -0.481 e. The summed E-state index contributed by atoms with van der Waals surface area (Å²) in [5.74, 6) is -3.31. The summed E-state index contributed by atoms with van der Waals surface area (Å²) in [7, 11) is 0. The van der Waals surface area contributed by atoms with E-state index in [0.717, 1.165) is 12.1 Å². The molecule has 0 aliphatic heterocycles. The Bertz CT molecular complexity index is 740. The molecular formula is C15H11ClF2N2O3. The van der Waals surface area contributed by atoms with Crippen LogP contribution in [0.3, 0.4) is 0 Å². The molecule has 0 saturated heterocycles. The van der Waals surface area contributed by atoms with E-state index in [1.807, 2.05) is 0 Å². The molecule has 5 nitrogen and oxygen atoms in total. The number of carbonyl (C=O) groups excluding carboxylic acids is 2. The molecule has 0 saturated carbocycles. The number of hydrogen-bond acceptors (Lipinski definition) is 3. The monoisotopic (exact) mass is 340 g/mol. The minimum atomic E-state index is -0.932. The number of carbonyl (C=O) groups is 2. The van der Waals surface area contributed by atoms with Crippen LogP contribution in [0.1, 0.15) is 10.4 Å². The van der Waals surface area contributed by atoms with Crippen LogP contribution in [0.25, 0.3) is 0 Å². The first-order valence-corrected chi connectivity index (χ1v) is 6.76. The molecule has 2 aromatic carbocycles. The molecule has 0 unspecified atom stereocenters. The van der Waals surface area contributed by atoms with Crippen molar-refractivity contribution in [2.45, 2.75) is 0 Å². The Morgan fingerprint density at radius 3 is 2.52 bits per heavy atom. The second kappa shape index (κ2) is 7.55. The van der Waals surface area contributed by atoms with E-state index in [1.54, 1.807) is 12.1 Å². The lowest BCUT2D eigenvalue weighted by molar-refractivity contribution is -0.123. The second-order valence-electron chi connectivity index (χ2n) is 4.35. The highest BCUT2D eigenvalue weighted by Gasteiger charge is 2.12. The molecule has 120 valence electrons. The van der Waals surface area contributed by atoms with E-state index >= 15 is 0 Å². The normalized spacial score (nSPS) is 10.0. The molecule has 0 fully saturated rings. The van der Waals surface area contributed by atoms with Crippen LogP contribution >= 0.6 is 11.6 Å². The number of amides is 2. The van der Waals surface area contributed by atoms with Gasteiger partial charge in [-0.1, -0.05) is 23.7 Å². The fraction of sp³-hybridized carbons (Fsp3) is 0.0667. The molecule has 0 aliphatic rings. The molecule has 8 heteroatoms. The summed E-state index contributed by atoms with van der Waals surface area (Å²) < 4.78 is 30.9. The lowest BCUT2D eigenvalue weighted by atomic mass is 10.2. The molecule has 0 bridgehead atoms. The van der Waals surface area contributed by atoms with Gasteiger partial charge in [-0.25, -0.2) is 8.78 Å². The Labute approximate surface area is 135 Å². The predicted octanol–water partition coefficient (Wildman–Crippen LogP) is 2.46. The average molecular weight is 341 g/mol. The first-order valence-electron chi connectivity index (χ1n) is 6.39. The second-order valence-corrected chi connectivity index (χ2v) is 4.75. The number of benzene rings is 2. The van der Waals surface area contributed by atoms with Crippen LogP contribution in [0.5, 0.6) is 5.75 Å². The molecule has 2 N–H and O–H groups in total. The van der Waals surface area contributed by atoms with E-state index in [9.17, 15) is 18.4 Å². The van der Waals surface area contributed by atoms with Gasteiger partial charge in [0.2, 0.25) is 0 Å². The largest absolute Gasteiger partial charge is 0.481 e. The molecular weight excluding hydrogens is 330 g/mol. The van der Waals surface area contributed by atoms with Gasteiger partial charge in [0.15, 0.2) is 18.2 Å². The lowest BCUT2D eigenvalue weighted by Gasteiger charge is -2.10. The first-order chi connectivity index (χ1) is 11.0. The van der Waals surface area contributed by atoms with Gasteiger partial charge in [-0.15, -0.1) is 0 Å². The maximum Gasteiger partial charge on any atom is 0.276 e. The molecule has 2 rings (SSSR count). The third-order valence-corrected chi connectivity index (χ3v) is 3.02. The molecule has 0 aromatic heterocycles. The van der Waals surface area contributed by atoms with Crippen molar-refractivity contribution in [1.82, 2.24) is 10.9 Å². The van der Waals surface area contributed by atoms with Gasteiger partial charge in [0.25, 0.3) is 11.8 Å². The van der Waals surface area contributed by atoms with Crippen LogP contribution in [-0.2, 0) is 4.79 Å². The number of hydrazine groups is 1. The highest BCUT2D eigenvalue weighted by molar-refractivity contribution is 6.33. The zero-order valence-electron chi connectivity index (χ0n) is 11.6. The summed E-state index contributed by atoms with van der Waals surface area (Å²) in [4.78, 5) is 23.3. The Morgan fingerprint density at radius 2 is 1.83 bits per heavy atom. The summed E-state index contributed by atoms with van der Waals surface area (Å²) >= 11 is 5.84. The highest BCUT2D eigenvalue weighted by Crippen LogP contribution is 2.17. The number of halogens is 3. The Hall–Kier alpha value is -2.67. The zero-order valence-corrected chi connectivity index (χ0v) is 12.4. The van der Waals surface area contributed by atoms with Gasteiger partial charge in [0.05, 0.1) is 10.6 Å². The van der Waals surface area contributed by atoms with Crippen molar-refractivity contribution < 1.29 is 23.1 Å². The topological polar surface area (TPSA) is 67.4 Å². The molecule has 0 radical (unpaired) electrons. The van der Waals surface area contributed by atoms with Gasteiger partial charge in [0, 0.05) is 6.07 Å². The van der Waals surface area contributed by atoms with Crippen molar-refractivity contribution in [1.29, 1.82) is 0 Å². The average Bonchev–Trinajstić information content (AvgIpc) is 2.52. The van der Waals surface area contributed by atoms with Crippen molar-refractivity contribution in [3.63, 3.8) is 0 Å². The fourth-order valence-corrected chi connectivity index (χ4v) is 1.83. The SMILES string of the molecule is O=C(COc1ccc(F)cc1F)NNC(=O)c1ccccc1Cl. The summed E-state index contributed by atoms with van der Waals surface area (Å²) in [5.41, 5.74) is 4.41. The molecule has 2 aromatic rings. The Balaban J connectivity index is 1.83. The summed E-state index contributed by atoms with van der Waals surface area (Å²) in [5, 5.41) is 0.226. The van der Waals surface area contributed by atoms with Gasteiger partial charge in [0.1, 0.15) is 5.82 Å². The van der Waals surface area contributed by atoms with E-state index in [2.05, 4.69) is 10.9 Å². The molecule has 0 atom stereocenters. The minimum absolute atomic E-state index is 0.181. The molecule has 2 amide bonds. The predicted molar refractivity (Wildman–Crippen MR) is 78.9 cm³/mol. The summed E-state index contributed by atoms with van der Waals surface area (Å²) in [6.45, 7) is -0.564. The Kier molecular flexibility index (Phi) is 5.48.